The molecule has 0 aromatic carbocycles. The largest absolute Gasteiger partial charge is 0.299 e. The SMILES string of the molecule is CCC1CCCC(N2CCCN3CCCC3C2)C1. The van der Waals surface area contributed by atoms with Crippen molar-refractivity contribution in [3.63, 3.8) is 0 Å². The first-order valence-corrected chi connectivity index (χ1v) is 8.35. The van der Waals surface area contributed by atoms with Crippen molar-refractivity contribution >= 4 is 0 Å². The molecule has 104 valence electrons. The molecule has 0 spiro atoms. The van der Waals surface area contributed by atoms with Crippen LogP contribution in [0.25, 0.3) is 0 Å². The number of fused-ring (bicyclic) bond motifs is 1. The van der Waals surface area contributed by atoms with Gasteiger partial charge in [0.1, 0.15) is 0 Å². The van der Waals surface area contributed by atoms with E-state index in [1.54, 1.807) is 0 Å². The van der Waals surface area contributed by atoms with Crippen molar-refractivity contribution in [3.8, 4) is 0 Å². The first-order chi connectivity index (χ1) is 8.86. The fourth-order valence-corrected chi connectivity index (χ4v) is 4.53. The van der Waals surface area contributed by atoms with Crippen molar-refractivity contribution in [3.05, 3.63) is 0 Å². The summed E-state index contributed by atoms with van der Waals surface area (Å²) in [6.07, 6.45) is 11.7. The molecule has 2 heterocycles. The number of nitrogens with zero attached hydrogens (tertiary/aromatic N) is 2. The van der Waals surface area contributed by atoms with E-state index in [1.165, 1.54) is 77.5 Å². The maximum absolute atomic E-state index is 2.87. The summed E-state index contributed by atoms with van der Waals surface area (Å²) in [5, 5.41) is 0. The second-order valence-electron chi connectivity index (χ2n) is 6.78. The molecule has 2 aliphatic heterocycles. The second kappa shape index (κ2) is 5.92. The normalized spacial score (nSPS) is 39.5. The predicted molar refractivity (Wildman–Crippen MR) is 76.8 cm³/mol. The molecule has 2 nitrogen and oxygen atoms in total. The van der Waals surface area contributed by atoms with E-state index in [0.717, 1.165) is 18.0 Å². The highest BCUT2D eigenvalue weighted by molar-refractivity contribution is 4.89. The van der Waals surface area contributed by atoms with Gasteiger partial charge in [-0.3, -0.25) is 9.80 Å². The molecule has 2 saturated heterocycles. The van der Waals surface area contributed by atoms with Crippen molar-refractivity contribution in [2.45, 2.75) is 70.4 Å². The van der Waals surface area contributed by atoms with Crippen LogP contribution < -0.4 is 0 Å². The van der Waals surface area contributed by atoms with E-state index >= 15 is 0 Å². The molecule has 0 radical (unpaired) electrons. The maximum Gasteiger partial charge on any atom is 0.0223 e. The van der Waals surface area contributed by atoms with Crippen molar-refractivity contribution in [2.24, 2.45) is 5.92 Å². The molecule has 1 aliphatic carbocycles. The highest BCUT2D eigenvalue weighted by Gasteiger charge is 2.33. The van der Waals surface area contributed by atoms with Crippen LogP contribution in [-0.4, -0.2) is 48.1 Å². The Morgan fingerprint density at radius 3 is 2.50 bits per heavy atom. The zero-order chi connectivity index (χ0) is 12.4. The monoisotopic (exact) mass is 250 g/mol. The third-order valence-electron chi connectivity index (χ3n) is 5.68. The fraction of sp³-hybridized carbons (Fsp3) is 1.00. The van der Waals surface area contributed by atoms with Gasteiger partial charge in [0, 0.05) is 18.6 Å². The van der Waals surface area contributed by atoms with Gasteiger partial charge in [-0.05, 0) is 57.7 Å². The summed E-state index contributed by atoms with van der Waals surface area (Å²) in [7, 11) is 0. The van der Waals surface area contributed by atoms with Crippen LogP contribution in [0.3, 0.4) is 0 Å². The van der Waals surface area contributed by atoms with Crippen LogP contribution in [0.15, 0.2) is 0 Å². The highest BCUT2D eigenvalue weighted by Crippen LogP contribution is 2.32. The summed E-state index contributed by atoms with van der Waals surface area (Å²) in [6, 6.07) is 1.82. The van der Waals surface area contributed by atoms with E-state index in [0.29, 0.717) is 0 Å². The van der Waals surface area contributed by atoms with Gasteiger partial charge < -0.3 is 0 Å². The van der Waals surface area contributed by atoms with Gasteiger partial charge in [-0.1, -0.05) is 26.2 Å². The minimum absolute atomic E-state index is 0.898. The molecule has 0 N–H and O–H groups in total. The number of hydrogen-bond donors (Lipinski definition) is 0. The molecule has 0 amide bonds. The third kappa shape index (κ3) is 2.75. The molecule has 3 fully saturated rings. The van der Waals surface area contributed by atoms with Crippen LogP contribution in [0.4, 0.5) is 0 Å². The van der Waals surface area contributed by atoms with Crippen LogP contribution in [0, 0.1) is 5.92 Å². The summed E-state index contributed by atoms with van der Waals surface area (Å²) < 4.78 is 0. The Balaban J connectivity index is 1.60. The van der Waals surface area contributed by atoms with E-state index in [2.05, 4.69) is 16.7 Å². The van der Waals surface area contributed by atoms with Gasteiger partial charge >= 0.3 is 0 Å². The molecule has 18 heavy (non-hydrogen) atoms. The first kappa shape index (κ1) is 12.9. The van der Waals surface area contributed by atoms with Crippen LogP contribution in [0.5, 0.6) is 0 Å². The lowest BCUT2D eigenvalue weighted by Crippen LogP contribution is -2.43. The zero-order valence-electron chi connectivity index (χ0n) is 12.1. The molecule has 3 atom stereocenters. The standard InChI is InChI=1S/C16H30N2/c1-2-14-6-3-7-15(12-14)18-11-5-10-17-9-4-8-16(17)13-18/h14-16H,2-13H2,1H3. The van der Waals surface area contributed by atoms with Crippen LogP contribution in [0.1, 0.15) is 58.3 Å². The van der Waals surface area contributed by atoms with Crippen LogP contribution >= 0.6 is 0 Å². The summed E-state index contributed by atoms with van der Waals surface area (Å²) in [6.45, 7) is 7.87. The quantitative estimate of drug-likeness (QED) is 0.743. The van der Waals surface area contributed by atoms with E-state index in [-0.39, 0.29) is 0 Å². The van der Waals surface area contributed by atoms with E-state index < -0.39 is 0 Å². The molecular formula is C16H30N2. The first-order valence-electron chi connectivity index (χ1n) is 8.35. The molecule has 1 saturated carbocycles. The summed E-state index contributed by atoms with van der Waals surface area (Å²) in [5.41, 5.74) is 0. The lowest BCUT2D eigenvalue weighted by molar-refractivity contribution is 0.118. The van der Waals surface area contributed by atoms with Gasteiger partial charge in [-0.15, -0.1) is 0 Å². The summed E-state index contributed by atoms with van der Waals surface area (Å²) >= 11 is 0. The van der Waals surface area contributed by atoms with Gasteiger partial charge in [0.25, 0.3) is 0 Å². The molecular weight excluding hydrogens is 220 g/mol. The molecule has 3 aliphatic rings. The molecule has 0 bridgehead atoms. The van der Waals surface area contributed by atoms with Crippen LogP contribution in [0.2, 0.25) is 0 Å². The highest BCUT2D eigenvalue weighted by atomic mass is 15.3. The Labute approximate surface area is 113 Å². The topological polar surface area (TPSA) is 6.48 Å². The average Bonchev–Trinajstić information content (AvgIpc) is 2.76. The summed E-state index contributed by atoms with van der Waals surface area (Å²) in [4.78, 5) is 5.64. The number of hydrogen-bond acceptors (Lipinski definition) is 2. The van der Waals surface area contributed by atoms with Gasteiger partial charge in [-0.25, -0.2) is 0 Å². The second-order valence-corrected chi connectivity index (χ2v) is 6.78. The Morgan fingerprint density at radius 1 is 0.833 bits per heavy atom. The smallest absolute Gasteiger partial charge is 0.0223 e. The molecule has 3 unspecified atom stereocenters. The minimum atomic E-state index is 0.898. The molecule has 0 aromatic rings. The Morgan fingerprint density at radius 2 is 1.61 bits per heavy atom. The Kier molecular flexibility index (Phi) is 4.25. The van der Waals surface area contributed by atoms with Crippen LogP contribution in [-0.2, 0) is 0 Å². The van der Waals surface area contributed by atoms with Gasteiger partial charge in [0.05, 0.1) is 0 Å². The molecule has 3 rings (SSSR count). The summed E-state index contributed by atoms with van der Waals surface area (Å²) in [5.74, 6) is 1.02. The average molecular weight is 250 g/mol. The molecule has 2 heteroatoms. The van der Waals surface area contributed by atoms with Gasteiger partial charge in [0.2, 0.25) is 0 Å². The lowest BCUT2D eigenvalue weighted by atomic mass is 9.83. The van der Waals surface area contributed by atoms with Crippen molar-refractivity contribution in [1.82, 2.24) is 9.80 Å². The Bertz CT molecular complexity index is 266. The number of rotatable bonds is 2. The lowest BCUT2D eigenvalue weighted by Gasteiger charge is -2.38. The van der Waals surface area contributed by atoms with E-state index in [9.17, 15) is 0 Å². The fourth-order valence-electron chi connectivity index (χ4n) is 4.53. The van der Waals surface area contributed by atoms with Gasteiger partial charge in [-0.2, -0.15) is 0 Å². The minimum Gasteiger partial charge on any atom is -0.299 e. The predicted octanol–water partition coefficient (Wildman–Crippen LogP) is 3.13. The zero-order valence-corrected chi connectivity index (χ0v) is 12.1. The van der Waals surface area contributed by atoms with Crippen molar-refractivity contribution < 1.29 is 0 Å². The molecule has 0 aromatic heterocycles. The van der Waals surface area contributed by atoms with Gasteiger partial charge in [0.15, 0.2) is 0 Å². The van der Waals surface area contributed by atoms with Crippen molar-refractivity contribution in [1.29, 1.82) is 0 Å². The third-order valence-corrected chi connectivity index (χ3v) is 5.68. The maximum atomic E-state index is 2.87. The van der Waals surface area contributed by atoms with E-state index in [1.807, 2.05) is 0 Å². The van der Waals surface area contributed by atoms with E-state index in [4.69, 9.17) is 0 Å². The Hall–Kier alpha value is -0.0800. The van der Waals surface area contributed by atoms with Crippen molar-refractivity contribution in [2.75, 3.05) is 26.2 Å².